The Morgan fingerprint density at radius 2 is 2.05 bits per heavy atom. The lowest BCUT2D eigenvalue weighted by Gasteiger charge is -2.09. The van der Waals surface area contributed by atoms with E-state index in [9.17, 15) is 4.39 Å². The third-order valence-corrected chi connectivity index (χ3v) is 3.66. The van der Waals surface area contributed by atoms with Crippen molar-refractivity contribution in [3.63, 3.8) is 0 Å². The third-order valence-electron chi connectivity index (χ3n) is 3.04. The summed E-state index contributed by atoms with van der Waals surface area (Å²) >= 11 is 3.43. The molecule has 2 N–H and O–H groups in total. The highest BCUT2D eigenvalue weighted by Gasteiger charge is 2.12. The zero-order valence-electron chi connectivity index (χ0n) is 10.6. The third kappa shape index (κ3) is 2.02. The zero-order valence-corrected chi connectivity index (χ0v) is 12.2. The van der Waals surface area contributed by atoms with Crippen molar-refractivity contribution in [1.29, 1.82) is 0 Å². The number of nitrogen functional groups attached to an aromatic ring is 1. The van der Waals surface area contributed by atoms with E-state index in [0.29, 0.717) is 11.5 Å². The second-order valence-electron chi connectivity index (χ2n) is 4.26. The Morgan fingerprint density at radius 3 is 2.75 bits per heavy atom. The van der Waals surface area contributed by atoms with Gasteiger partial charge in [0, 0.05) is 6.07 Å². The smallest absolute Gasteiger partial charge is 0.205 e. The van der Waals surface area contributed by atoms with Crippen LogP contribution >= 0.6 is 15.9 Å². The van der Waals surface area contributed by atoms with Gasteiger partial charge in [-0.2, -0.15) is 0 Å². The largest absolute Gasteiger partial charge is 0.496 e. The number of fused-ring (bicyclic) bond motifs is 1. The molecule has 0 amide bonds. The van der Waals surface area contributed by atoms with E-state index in [1.54, 1.807) is 17.7 Å². The van der Waals surface area contributed by atoms with Crippen LogP contribution < -0.4 is 10.5 Å². The van der Waals surface area contributed by atoms with Crippen molar-refractivity contribution in [2.45, 2.75) is 0 Å². The van der Waals surface area contributed by atoms with Gasteiger partial charge in [-0.05, 0) is 46.3 Å². The molecule has 1 aromatic heterocycles. The number of rotatable bonds is 2. The normalized spacial score (nSPS) is 10.9. The molecule has 0 aliphatic heterocycles. The van der Waals surface area contributed by atoms with E-state index in [1.807, 2.05) is 18.2 Å². The van der Waals surface area contributed by atoms with Crippen LogP contribution in [-0.2, 0) is 0 Å². The number of methoxy groups -OCH3 is 1. The molecule has 2 aromatic carbocycles. The van der Waals surface area contributed by atoms with Crippen molar-refractivity contribution in [3.05, 3.63) is 46.7 Å². The molecule has 0 fully saturated rings. The number of ether oxygens (including phenoxy) is 1. The van der Waals surface area contributed by atoms with E-state index in [2.05, 4.69) is 20.9 Å². The number of benzene rings is 2. The number of aromatic nitrogens is 2. The van der Waals surface area contributed by atoms with Gasteiger partial charge in [0.05, 0.1) is 28.3 Å². The molecule has 20 heavy (non-hydrogen) atoms. The highest BCUT2D eigenvalue weighted by molar-refractivity contribution is 9.10. The number of hydrogen-bond acceptors (Lipinski definition) is 3. The van der Waals surface area contributed by atoms with Crippen LogP contribution in [0.5, 0.6) is 5.75 Å². The van der Waals surface area contributed by atoms with Crippen LogP contribution in [0, 0.1) is 5.82 Å². The molecular formula is C14H11BrFN3O. The average molecular weight is 336 g/mol. The molecule has 0 saturated heterocycles. The first-order chi connectivity index (χ1) is 9.60. The Morgan fingerprint density at radius 1 is 1.25 bits per heavy atom. The van der Waals surface area contributed by atoms with Crippen LogP contribution in [-0.4, -0.2) is 16.7 Å². The minimum absolute atomic E-state index is 0.308. The Bertz CT molecular complexity index is 800. The van der Waals surface area contributed by atoms with Crippen molar-refractivity contribution in [3.8, 4) is 11.4 Å². The van der Waals surface area contributed by atoms with Gasteiger partial charge in [0.1, 0.15) is 11.6 Å². The molecular weight excluding hydrogens is 325 g/mol. The summed E-state index contributed by atoms with van der Waals surface area (Å²) < 4.78 is 21.0. The van der Waals surface area contributed by atoms with Crippen LogP contribution in [0.4, 0.5) is 10.3 Å². The van der Waals surface area contributed by atoms with E-state index >= 15 is 0 Å². The summed E-state index contributed by atoms with van der Waals surface area (Å²) in [4.78, 5) is 4.18. The lowest BCUT2D eigenvalue weighted by molar-refractivity contribution is 0.412. The highest BCUT2D eigenvalue weighted by atomic mass is 79.9. The molecule has 3 rings (SSSR count). The fourth-order valence-corrected chi connectivity index (χ4v) is 2.67. The van der Waals surface area contributed by atoms with Gasteiger partial charge >= 0.3 is 0 Å². The predicted octanol–water partition coefficient (Wildman–Crippen LogP) is 3.52. The summed E-state index contributed by atoms with van der Waals surface area (Å²) in [5.74, 6) is 0.698. The van der Waals surface area contributed by atoms with E-state index in [1.165, 1.54) is 12.1 Å². The monoisotopic (exact) mass is 335 g/mol. The Labute approximate surface area is 123 Å². The summed E-state index contributed by atoms with van der Waals surface area (Å²) in [7, 11) is 1.60. The highest BCUT2D eigenvalue weighted by Crippen LogP contribution is 2.30. The maximum Gasteiger partial charge on any atom is 0.205 e. The molecule has 0 bridgehead atoms. The molecule has 0 aliphatic rings. The molecule has 1 heterocycles. The van der Waals surface area contributed by atoms with Gasteiger partial charge in [-0.3, -0.25) is 4.57 Å². The minimum Gasteiger partial charge on any atom is -0.496 e. The molecule has 3 aromatic rings. The Hall–Kier alpha value is -2.08. The van der Waals surface area contributed by atoms with Crippen molar-refractivity contribution in [2.24, 2.45) is 0 Å². The molecule has 0 radical (unpaired) electrons. The van der Waals surface area contributed by atoms with Crippen LogP contribution in [0.3, 0.4) is 0 Å². The van der Waals surface area contributed by atoms with Gasteiger partial charge in [0.15, 0.2) is 0 Å². The minimum atomic E-state index is -0.335. The van der Waals surface area contributed by atoms with E-state index < -0.39 is 0 Å². The van der Waals surface area contributed by atoms with Gasteiger partial charge in [-0.1, -0.05) is 0 Å². The second kappa shape index (κ2) is 4.79. The number of anilines is 1. The van der Waals surface area contributed by atoms with E-state index in [-0.39, 0.29) is 5.82 Å². The summed E-state index contributed by atoms with van der Waals surface area (Å²) in [6.45, 7) is 0. The summed E-state index contributed by atoms with van der Waals surface area (Å²) in [6, 6.07) is 9.98. The van der Waals surface area contributed by atoms with Crippen molar-refractivity contribution in [1.82, 2.24) is 9.55 Å². The molecule has 6 heteroatoms. The Kier molecular flexibility index (Phi) is 3.10. The fourth-order valence-electron chi connectivity index (χ4n) is 2.14. The van der Waals surface area contributed by atoms with Crippen molar-refractivity contribution in [2.75, 3.05) is 12.8 Å². The maximum atomic E-state index is 13.2. The molecule has 102 valence electrons. The van der Waals surface area contributed by atoms with Crippen molar-refractivity contribution >= 4 is 32.9 Å². The lowest BCUT2D eigenvalue weighted by atomic mass is 10.2. The first-order valence-corrected chi connectivity index (χ1v) is 6.67. The Balaban J connectivity index is 2.23. The fraction of sp³-hybridized carbons (Fsp3) is 0.0714. The number of nitrogens with two attached hydrogens (primary N) is 1. The number of imidazole rings is 1. The van der Waals surface area contributed by atoms with Gasteiger partial charge in [0.25, 0.3) is 0 Å². The van der Waals surface area contributed by atoms with Gasteiger partial charge in [0.2, 0.25) is 5.95 Å². The maximum absolute atomic E-state index is 13.2. The van der Waals surface area contributed by atoms with E-state index in [4.69, 9.17) is 10.5 Å². The first kappa shape index (κ1) is 12.9. The molecule has 0 unspecified atom stereocenters. The van der Waals surface area contributed by atoms with Crippen LogP contribution in [0.15, 0.2) is 40.9 Å². The molecule has 0 saturated carbocycles. The number of hydrogen-bond donors (Lipinski definition) is 1. The average Bonchev–Trinajstić information content (AvgIpc) is 2.73. The van der Waals surface area contributed by atoms with Crippen LogP contribution in [0.2, 0.25) is 0 Å². The zero-order chi connectivity index (χ0) is 14.3. The quantitative estimate of drug-likeness (QED) is 0.779. The van der Waals surface area contributed by atoms with Crippen LogP contribution in [0.25, 0.3) is 16.7 Å². The number of nitrogens with zero attached hydrogens (tertiary/aromatic N) is 2. The predicted molar refractivity (Wildman–Crippen MR) is 79.7 cm³/mol. The molecule has 0 spiro atoms. The first-order valence-electron chi connectivity index (χ1n) is 5.87. The van der Waals surface area contributed by atoms with Crippen LogP contribution in [0.1, 0.15) is 0 Å². The van der Waals surface area contributed by atoms with Gasteiger partial charge in [-0.25, -0.2) is 9.37 Å². The van der Waals surface area contributed by atoms with Crippen molar-refractivity contribution < 1.29 is 9.13 Å². The molecule has 0 aliphatic carbocycles. The SMILES string of the molecule is COc1ccc(-n2c(N)nc3cc(F)ccc32)cc1Br. The van der Waals surface area contributed by atoms with E-state index in [0.717, 1.165) is 21.4 Å². The molecule has 0 atom stereocenters. The number of halogens is 2. The standard InChI is InChI=1S/C14H11BrFN3O/c1-20-13-5-3-9(7-10(13)15)19-12-4-2-8(16)6-11(12)18-14(19)17/h2-7H,1H3,(H2,17,18). The lowest BCUT2D eigenvalue weighted by Crippen LogP contribution is -2.00. The van der Waals surface area contributed by atoms with Gasteiger partial charge < -0.3 is 10.5 Å². The second-order valence-corrected chi connectivity index (χ2v) is 5.11. The van der Waals surface area contributed by atoms with Gasteiger partial charge in [-0.15, -0.1) is 0 Å². The molecule has 4 nitrogen and oxygen atoms in total. The summed E-state index contributed by atoms with van der Waals surface area (Å²) in [6.07, 6.45) is 0. The topological polar surface area (TPSA) is 53.1 Å². The summed E-state index contributed by atoms with van der Waals surface area (Å²) in [5, 5.41) is 0. The summed E-state index contributed by atoms with van der Waals surface area (Å²) in [5.41, 5.74) is 8.04.